The molecule has 0 amide bonds. The van der Waals surface area contributed by atoms with Crippen LogP contribution in [0.3, 0.4) is 0 Å². The molecular formula is C15H16F3N3O. The fourth-order valence-electron chi connectivity index (χ4n) is 3.69. The van der Waals surface area contributed by atoms with Gasteiger partial charge in [-0.2, -0.15) is 5.10 Å². The average Bonchev–Trinajstić information content (AvgIpc) is 2.89. The zero-order valence-electron chi connectivity index (χ0n) is 11.9. The Balaban J connectivity index is 1.70. The van der Waals surface area contributed by atoms with Crippen LogP contribution >= 0.6 is 0 Å². The van der Waals surface area contributed by atoms with Crippen LogP contribution in [0.15, 0.2) is 24.4 Å². The number of rotatable bonds is 2. The molecule has 0 radical (unpaired) electrons. The first-order valence-electron chi connectivity index (χ1n) is 7.45. The third-order valence-corrected chi connectivity index (χ3v) is 4.74. The largest absolute Gasteiger partial charge is 0.573 e. The van der Waals surface area contributed by atoms with Crippen LogP contribution in [-0.4, -0.2) is 40.7 Å². The first-order valence-corrected chi connectivity index (χ1v) is 7.45. The Bertz CT molecular complexity index is 689. The second-order valence-corrected chi connectivity index (χ2v) is 6.06. The molecule has 0 saturated carbocycles. The molecule has 22 heavy (non-hydrogen) atoms. The van der Waals surface area contributed by atoms with Crippen molar-refractivity contribution in [3.63, 3.8) is 0 Å². The van der Waals surface area contributed by atoms with Crippen molar-refractivity contribution in [1.29, 1.82) is 0 Å². The fourth-order valence-corrected chi connectivity index (χ4v) is 3.69. The molecule has 0 spiro atoms. The van der Waals surface area contributed by atoms with Gasteiger partial charge in [0, 0.05) is 18.0 Å². The maximum Gasteiger partial charge on any atom is 0.573 e. The van der Waals surface area contributed by atoms with Gasteiger partial charge in [0.1, 0.15) is 5.75 Å². The lowest BCUT2D eigenvalue weighted by Gasteiger charge is -2.44. The Labute approximate surface area is 125 Å². The minimum Gasteiger partial charge on any atom is -0.406 e. The van der Waals surface area contributed by atoms with E-state index in [-0.39, 0.29) is 11.8 Å². The number of benzene rings is 1. The molecule has 1 atom stereocenters. The van der Waals surface area contributed by atoms with E-state index in [0.29, 0.717) is 11.4 Å². The first-order chi connectivity index (χ1) is 10.5. The number of alkyl halides is 3. The SMILES string of the molecule is FC(F)(F)Oc1ccc2cnn([C@H]3CN4CCC3CC4)c2c1. The zero-order valence-corrected chi connectivity index (χ0v) is 11.9. The van der Waals surface area contributed by atoms with Crippen LogP contribution in [0.2, 0.25) is 0 Å². The van der Waals surface area contributed by atoms with Gasteiger partial charge < -0.3 is 9.64 Å². The summed E-state index contributed by atoms with van der Waals surface area (Å²) in [7, 11) is 0. The van der Waals surface area contributed by atoms with Crippen LogP contribution in [0, 0.1) is 5.92 Å². The fraction of sp³-hybridized carbons (Fsp3) is 0.533. The molecule has 0 unspecified atom stereocenters. The topological polar surface area (TPSA) is 30.3 Å². The molecule has 3 aliphatic heterocycles. The molecule has 0 N–H and O–H groups in total. The number of halogens is 3. The highest BCUT2D eigenvalue weighted by Gasteiger charge is 2.36. The van der Waals surface area contributed by atoms with Gasteiger partial charge in [-0.15, -0.1) is 13.2 Å². The minimum absolute atomic E-state index is 0.192. The van der Waals surface area contributed by atoms with Crippen molar-refractivity contribution < 1.29 is 17.9 Å². The molecule has 2 aromatic rings. The summed E-state index contributed by atoms with van der Waals surface area (Å²) in [5.74, 6) is 0.364. The van der Waals surface area contributed by atoms with E-state index in [0.717, 1.165) is 37.9 Å². The van der Waals surface area contributed by atoms with Crippen molar-refractivity contribution in [3.8, 4) is 5.75 Å². The Morgan fingerprint density at radius 1 is 1.18 bits per heavy atom. The van der Waals surface area contributed by atoms with E-state index >= 15 is 0 Å². The number of fused-ring (bicyclic) bond motifs is 4. The lowest BCUT2D eigenvalue weighted by atomic mass is 9.84. The molecule has 2 bridgehead atoms. The van der Waals surface area contributed by atoms with E-state index in [2.05, 4.69) is 14.7 Å². The standard InChI is InChI=1S/C15H16F3N3O/c16-15(17,18)22-12-2-1-11-8-19-21(13(11)7-12)14-9-20-5-3-10(14)4-6-20/h1-2,7-8,10,14H,3-6,9H2/t14-/m0/s1. The van der Waals surface area contributed by atoms with Gasteiger partial charge in [0.05, 0.1) is 17.8 Å². The summed E-state index contributed by atoms with van der Waals surface area (Å²) in [6.07, 6.45) is -0.700. The van der Waals surface area contributed by atoms with E-state index < -0.39 is 6.36 Å². The lowest BCUT2D eigenvalue weighted by molar-refractivity contribution is -0.274. The minimum atomic E-state index is -4.67. The predicted molar refractivity (Wildman–Crippen MR) is 74.6 cm³/mol. The zero-order chi connectivity index (χ0) is 15.3. The number of piperidine rings is 3. The summed E-state index contributed by atoms with van der Waals surface area (Å²) in [4.78, 5) is 2.40. The van der Waals surface area contributed by atoms with Crippen molar-refractivity contribution in [2.75, 3.05) is 19.6 Å². The molecule has 0 aliphatic carbocycles. The molecule has 5 rings (SSSR count). The summed E-state index contributed by atoms with van der Waals surface area (Å²) in [6.45, 7) is 3.15. The molecule has 7 heteroatoms. The van der Waals surface area contributed by atoms with Gasteiger partial charge in [-0.05, 0) is 44.0 Å². The summed E-state index contributed by atoms with van der Waals surface area (Å²) in [5, 5.41) is 5.27. The summed E-state index contributed by atoms with van der Waals surface area (Å²) in [6, 6.07) is 4.63. The van der Waals surface area contributed by atoms with Crippen molar-refractivity contribution in [3.05, 3.63) is 24.4 Å². The predicted octanol–water partition coefficient (Wildman–Crippen LogP) is 3.20. The maximum atomic E-state index is 12.4. The van der Waals surface area contributed by atoms with Crippen molar-refractivity contribution in [2.45, 2.75) is 25.2 Å². The molecule has 3 fully saturated rings. The van der Waals surface area contributed by atoms with Gasteiger partial charge in [0.15, 0.2) is 0 Å². The van der Waals surface area contributed by atoms with Crippen molar-refractivity contribution in [1.82, 2.24) is 14.7 Å². The number of nitrogens with zero attached hydrogens (tertiary/aromatic N) is 3. The Kier molecular flexibility index (Phi) is 3.07. The van der Waals surface area contributed by atoms with Gasteiger partial charge in [0.2, 0.25) is 0 Å². The van der Waals surface area contributed by atoms with Crippen LogP contribution in [0.1, 0.15) is 18.9 Å². The molecular weight excluding hydrogens is 295 g/mol. The first kappa shape index (κ1) is 13.9. The molecule has 4 heterocycles. The highest BCUT2D eigenvalue weighted by Crippen LogP contribution is 2.37. The molecule has 1 aromatic carbocycles. The Hall–Kier alpha value is -1.76. The van der Waals surface area contributed by atoms with E-state index in [1.807, 2.05) is 4.68 Å². The van der Waals surface area contributed by atoms with Gasteiger partial charge in [-0.25, -0.2) is 0 Å². The van der Waals surface area contributed by atoms with E-state index in [4.69, 9.17) is 0 Å². The van der Waals surface area contributed by atoms with E-state index in [1.165, 1.54) is 12.1 Å². The number of ether oxygens (including phenoxy) is 1. The Morgan fingerprint density at radius 2 is 1.95 bits per heavy atom. The number of hydrogen-bond acceptors (Lipinski definition) is 3. The van der Waals surface area contributed by atoms with Crippen molar-refractivity contribution >= 4 is 10.9 Å². The lowest BCUT2D eigenvalue weighted by Crippen LogP contribution is -2.48. The highest BCUT2D eigenvalue weighted by molar-refractivity contribution is 5.80. The van der Waals surface area contributed by atoms with Gasteiger partial charge in [-0.1, -0.05) is 0 Å². The molecule has 3 saturated heterocycles. The second kappa shape index (κ2) is 4.87. The molecule has 118 valence electrons. The molecule has 1 aromatic heterocycles. The van der Waals surface area contributed by atoms with E-state index in [9.17, 15) is 13.2 Å². The van der Waals surface area contributed by atoms with Crippen LogP contribution < -0.4 is 4.74 Å². The van der Waals surface area contributed by atoms with Crippen molar-refractivity contribution in [2.24, 2.45) is 5.92 Å². The van der Waals surface area contributed by atoms with Crippen LogP contribution in [0.4, 0.5) is 13.2 Å². The van der Waals surface area contributed by atoms with Crippen LogP contribution in [0.5, 0.6) is 5.75 Å². The summed E-state index contributed by atoms with van der Waals surface area (Å²) >= 11 is 0. The van der Waals surface area contributed by atoms with Gasteiger partial charge in [0.25, 0.3) is 0 Å². The molecule has 4 nitrogen and oxygen atoms in total. The summed E-state index contributed by atoms with van der Waals surface area (Å²) in [5.41, 5.74) is 0.709. The normalized spacial score (nSPS) is 28.2. The smallest absolute Gasteiger partial charge is 0.406 e. The van der Waals surface area contributed by atoms with Gasteiger partial charge in [-0.3, -0.25) is 4.68 Å². The maximum absolute atomic E-state index is 12.4. The second-order valence-electron chi connectivity index (χ2n) is 6.06. The average molecular weight is 311 g/mol. The summed E-state index contributed by atoms with van der Waals surface area (Å²) < 4.78 is 43.1. The third-order valence-electron chi connectivity index (χ3n) is 4.74. The number of aromatic nitrogens is 2. The number of hydrogen-bond donors (Lipinski definition) is 0. The Morgan fingerprint density at radius 3 is 2.59 bits per heavy atom. The monoisotopic (exact) mass is 311 g/mol. The highest BCUT2D eigenvalue weighted by atomic mass is 19.4. The third kappa shape index (κ3) is 2.43. The molecule has 3 aliphatic rings. The van der Waals surface area contributed by atoms with Gasteiger partial charge >= 0.3 is 6.36 Å². The van der Waals surface area contributed by atoms with Crippen LogP contribution in [-0.2, 0) is 0 Å². The van der Waals surface area contributed by atoms with Crippen LogP contribution in [0.25, 0.3) is 10.9 Å². The van der Waals surface area contributed by atoms with E-state index in [1.54, 1.807) is 12.3 Å². The quantitative estimate of drug-likeness (QED) is 0.853.